The number of unbranched alkanes of at least 4 members (excludes halogenated alkanes) is 1. The van der Waals surface area contributed by atoms with Gasteiger partial charge < -0.3 is 4.43 Å². The van der Waals surface area contributed by atoms with Crippen molar-refractivity contribution in [1.29, 1.82) is 0 Å². The smallest absolute Gasteiger partial charge is 0.246 e. The van der Waals surface area contributed by atoms with E-state index < -0.39 is 0 Å². The van der Waals surface area contributed by atoms with Crippen molar-refractivity contribution in [3.8, 4) is 0 Å². The summed E-state index contributed by atoms with van der Waals surface area (Å²) in [5, 5.41) is 0. The average Bonchev–Trinajstić information content (AvgIpc) is 2.13. The Labute approximate surface area is 86.1 Å². The lowest BCUT2D eigenvalue weighted by Crippen LogP contribution is -1.89. The van der Waals surface area contributed by atoms with Gasteiger partial charge in [-0.3, -0.25) is 0 Å². The summed E-state index contributed by atoms with van der Waals surface area (Å²) in [5.41, 5.74) is 1.62. The minimum Gasteiger partial charge on any atom is -0.419 e. The lowest BCUT2D eigenvalue weighted by molar-refractivity contribution is 0.342. The Kier molecular flexibility index (Phi) is 9.94. The fourth-order valence-electron chi connectivity index (χ4n) is 1.43. The lowest BCUT2D eigenvalue weighted by Gasteiger charge is -2.04. The molecule has 0 saturated heterocycles. The van der Waals surface area contributed by atoms with Gasteiger partial charge in [-0.2, -0.15) is 0 Å². The van der Waals surface area contributed by atoms with E-state index in [1.807, 2.05) is 0 Å². The summed E-state index contributed by atoms with van der Waals surface area (Å²) >= 11 is 0. The molecule has 0 heterocycles. The maximum absolute atomic E-state index is 4.82. The van der Waals surface area contributed by atoms with Gasteiger partial charge in [0.2, 0.25) is 10.5 Å². The molecule has 1 nitrogen and oxygen atoms in total. The zero-order valence-corrected chi connectivity index (χ0v) is 9.94. The van der Waals surface area contributed by atoms with Gasteiger partial charge in [-0.05, 0) is 25.7 Å². The molecule has 0 aliphatic carbocycles. The van der Waals surface area contributed by atoms with Crippen LogP contribution in [0.1, 0.15) is 52.4 Å². The van der Waals surface area contributed by atoms with Gasteiger partial charge in [0.25, 0.3) is 0 Å². The molecule has 2 heteroatoms. The van der Waals surface area contributed by atoms with Crippen molar-refractivity contribution in [2.45, 2.75) is 52.4 Å². The molecule has 0 fully saturated rings. The number of hydrogen-bond donors (Lipinski definition) is 0. The van der Waals surface area contributed by atoms with Crippen LogP contribution >= 0.6 is 0 Å². The summed E-state index contributed by atoms with van der Waals surface area (Å²) in [4.78, 5) is 0. The summed E-state index contributed by atoms with van der Waals surface area (Å²) in [6, 6.07) is 0. The molecule has 75 valence electrons. The molecule has 0 aromatic rings. The van der Waals surface area contributed by atoms with Crippen LogP contribution in [-0.2, 0) is 4.43 Å². The molecule has 0 amide bonds. The molecular formula is C11H21OSi. The first-order valence-electron chi connectivity index (χ1n) is 5.31. The van der Waals surface area contributed by atoms with Gasteiger partial charge in [0, 0.05) is 6.61 Å². The Hall–Kier alpha value is -0.0831. The number of allylic oxidation sites excluding steroid dienone is 2. The standard InChI is InChI=1S/C11H21OSi/c1-3-7-11(8-4-2)9-5-6-10-12-13/h9H,3-8,10H2,1-2H3. The van der Waals surface area contributed by atoms with E-state index in [1.54, 1.807) is 5.57 Å². The van der Waals surface area contributed by atoms with Gasteiger partial charge in [-0.25, -0.2) is 0 Å². The Bertz CT molecular complexity index is 124. The first-order valence-corrected chi connectivity index (χ1v) is 5.72. The van der Waals surface area contributed by atoms with Crippen LogP contribution in [0.3, 0.4) is 0 Å². The molecular weight excluding hydrogens is 176 g/mol. The topological polar surface area (TPSA) is 9.23 Å². The molecule has 0 aliphatic heterocycles. The molecule has 3 radical (unpaired) electrons. The van der Waals surface area contributed by atoms with Crippen molar-refractivity contribution in [1.82, 2.24) is 0 Å². The Morgan fingerprint density at radius 2 is 1.85 bits per heavy atom. The Morgan fingerprint density at radius 1 is 1.23 bits per heavy atom. The van der Waals surface area contributed by atoms with E-state index in [1.165, 1.54) is 25.7 Å². The maximum atomic E-state index is 4.82. The largest absolute Gasteiger partial charge is 0.419 e. The zero-order valence-electron chi connectivity index (χ0n) is 8.94. The van der Waals surface area contributed by atoms with Gasteiger partial charge in [0.1, 0.15) is 0 Å². The Balaban J connectivity index is 3.61. The van der Waals surface area contributed by atoms with Crippen LogP contribution in [-0.4, -0.2) is 17.1 Å². The fourth-order valence-corrected chi connectivity index (χ4v) is 1.58. The molecule has 0 aliphatic rings. The van der Waals surface area contributed by atoms with Gasteiger partial charge in [0.05, 0.1) is 0 Å². The van der Waals surface area contributed by atoms with Crippen LogP contribution in [0.4, 0.5) is 0 Å². The number of rotatable bonds is 8. The van der Waals surface area contributed by atoms with Crippen molar-refractivity contribution in [2.24, 2.45) is 0 Å². The molecule has 0 saturated carbocycles. The molecule has 0 unspecified atom stereocenters. The van der Waals surface area contributed by atoms with E-state index in [4.69, 9.17) is 4.43 Å². The predicted octanol–water partition coefficient (Wildman–Crippen LogP) is 3.39. The third-order valence-electron chi connectivity index (χ3n) is 2.03. The van der Waals surface area contributed by atoms with E-state index >= 15 is 0 Å². The first-order chi connectivity index (χ1) is 6.35. The predicted molar refractivity (Wildman–Crippen MR) is 58.8 cm³/mol. The second-order valence-electron chi connectivity index (χ2n) is 3.35. The van der Waals surface area contributed by atoms with E-state index in [0.29, 0.717) is 0 Å². The van der Waals surface area contributed by atoms with Crippen LogP contribution in [0.15, 0.2) is 11.6 Å². The normalized spacial score (nSPS) is 10.1. The highest BCUT2D eigenvalue weighted by Gasteiger charge is 1.94. The van der Waals surface area contributed by atoms with Crippen molar-refractivity contribution < 1.29 is 4.43 Å². The van der Waals surface area contributed by atoms with Crippen molar-refractivity contribution in [3.63, 3.8) is 0 Å². The minimum absolute atomic E-state index is 0.804. The maximum Gasteiger partial charge on any atom is 0.246 e. The highest BCUT2D eigenvalue weighted by Crippen LogP contribution is 2.13. The first kappa shape index (κ1) is 12.9. The lowest BCUT2D eigenvalue weighted by atomic mass is 10.0. The van der Waals surface area contributed by atoms with Gasteiger partial charge in [-0.1, -0.05) is 38.3 Å². The van der Waals surface area contributed by atoms with E-state index in [-0.39, 0.29) is 0 Å². The molecule has 0 N–H and O–H groups in total. The van der Waals surface area contributed by atoms with Crippen LogP contribution in [0.2, 0.25) is 0 Å². The third kappa shape index (κ3) is 8.25. The second kappa shape index (κ2) is 10.0. The van der Waals surface area contributed by atoms with Crippen LogP contribution < -0.4 is 0 Å². The summed E-state index contributed by atoms with van der Waals surface area (Å²) in [6.07, 6.45) is 9.71. The molecule has 0 atom stereocenters. The summed E-state index contributed by atoms with van der Waals surface area (Å²) in [6.45, 7) is 5.29. The van der Waals surface area contributed by atoms with Crippen LogP contribution in [0, 0.1) is 0 Å². The molecule has 0 aromatic carbocycles. The summed E-state index contributed by atoms with van der Waals surface area (Å²) < 4.78 is 4.82. The molecule has 13 heavy (non-hydrogen) atoms. The minimum atomic E-state index is 0.804. The quantitative estimate of drug-likeness (QED) is 0.329. The monoisotopic (exact) mass is 197 g/mol. The van der Waals surface area contributed by atoms with Gasteiger partial charge >= 0.3 is 0 Å². The van der Waals surface area contributed by atoms with E-state index in [2.05, 4.69) is 30.4 Å². The highest BCUT2D eigenvalue weighted by atomic mass is 28.2. The Morgan fingerprint density at radius 3 is 2.31 bits per heavy atom. The van der Waals surface area contributed by atoms with Gasteiger partial charge in [-0.15, -0.1) is 0 Å². The third-order valence-corrected chi connectivity index (χ3v) is 2.23. The molecule has 0 aromatic heterocycles. The SMILES string of the molecule is CCCC(=CCCCO[Si])CCC. The average molecular weight is 197 g/mol. The van der Waals surface area contributed by atoms with Crippen LogP contribution in [0.25, 0.3) is 0 Å². The number of hydrogen-bond acceptors (Lipinski definition) is 1. The van der Waals surface area contributed by atoms with Crippen molar-refractivity contribution in [3.05, 3.63) is 11.6 Å². The van der Waals surface area contributed by atoms with E-state index in [9.17, 15) is 0 Å². The van der Waals surface area contributed by atoms with Crippen LogP contribution in [0.5, 0.6) is 0 Å². The molecule has 0 rings (SSSR count). The fraction of sp³-hybridized carbons (Fsp3) is 0.818. The molecule has 0 bridgehead atoms. The van der Waals surface area contributed by atoms with E-state index in [0.717, 1.165) is 19.4 Å². The molecule has 0 spiro atoms. The highest BCUT2D eigenvalue weighted by molar-refractivity contribution is 5.97. The van der Waals surface area contributed by atoms with Crippen molar-refractivity contribution >= 4 is 10.5 Å². The second-order valence-corrected chi connectivity index (χ2v) is 3.64. The van der Waals surface area contributed by atoms with Crippen molar-refractivity contribution in [2.75, 3.05) is 6.61 Å². The zero-order chi connectivity index (χ0) is 9.94. The summed E-state index contributed by atoms with van der Waals surface area (Å²) in [7, 11) is 3.00. The van der Waals surface area contributed by atoms with Gasteiger partial charge in [0.15, 0.2) is 0 Å². The summed E-state index contributed by atoms with van der Waals surface area (Å²) in [5.74, 6) is 0.